The number of imidazole rings is 1. The van der Waals surface area contributed by atoms with E-state index in [9.17, 15) is 0 Å². The Morgan fingerprint density at radius 3 is 1.57 bits per heavy atom. The number of benzene rings is 6. The van der Waals surface area contributed by atoms with Crippen LogP contribution in [0.15, 0.2) is 158 Å². The minimum absolute atomic E-state index is 0.599. The number of aromatic nitrogens is 6. The van der Waals surface area contributed by atoms with E-state index in [-0.39, 0.29) is 0 Å². The summed E-state index contributed by atoms with van der Waals surface area (Å²) in [6.45, 7) is 0. The minimum atomic E-state index is 0.599. The summed E-state index contributed by atoms with van der Waals surface area (Å²) in [7, 11) is 0. The third-order valence-electron chi connectivity index (χ3n) is 8.51. The van der Waals surface area contributed by atoms with E-state index in [0.717, 1.165) is 55.6 Å². The Morgan fingerprint density at radius 2 is 0.936 bits per heavy atom. The Morgan fingerprint density at radius 1 is 0.404 bits per heavy atom. The third kappa shape index (κ3) is 4.62. The molecule has 0 saturated heterocycles. The van der Waals surface area contributed by atoms with Crippen molar-refractivity contribution in [3.63, 3.8) is 0 Å². The fourth-order valence-corrected chi connectivity index (χ4v) is 6.37. The van der Waals surface area contributed by atoms with Crippen LogP contribution in [0.3, 0.4) is 0 Å². The van der Waals surface area contributed by atoms with Crippen LogP contribution in [0.2, 0.25) is 0 Å². The Hall–Kier alpha value is -6.53. The molecule has 6 aromatic carbocycles. The average Bonchev–Trinajstić information content (AvgIpc) is 3.57. The monoisotopic (exact) mass is 602 g/mol. The second kappa shape index (κ2) is 11.1. The van der Waals surface area contributed by atoms with Crippen molar-refractivity contribution >= 4 is 32.6 Å². The van der Waals surface area contributed by atoms with Crippen molar-refractivity contribution in [3.05, 3.63) is 158 Å². The molecule has 47 heavy (non-hydrogen) atoms. The van der Waals surface area contributed by atoms with Crippen LogP contribution in [0.4, 0.5) is 0 Å². The highest BCUT2D eigenvalue weighted by Gasteiger charge is 2.21. The number of fused-ring (bicyclic) bond motifs is 6. The molecular weight excluding hydrogens is 576 g/mol. The van der Waals surface area contributed by atoms with E-state index in [4.69, 9.17) is 19.9 Å². The molecule has 0 aliphatic carbocycles. The molecule has 0 aliphatic rings. The molecule has 0 aliphatic heterocycles. The molecule has 0 amide bonds. The zero-order chi connectivity index (χ0) is 31.2. The molecule has 0 bridgehead atoms. The quantitative estimate of drug-likeness (QED) is 0.184. The molecule has 0 fully saturated rings. The third-order valence-corrected chi connectivity index (χ3v) is 8.51. The number of hydrogen-bond donors (Lipinski definition) is 0. The van der Waals surface area contributed by atoms with Gasteiger partial charge in [0.1, 0.15) is 5.82 Å². The summed E-state index contributed by atoms with van der Waals surface area (Å²) in [4.78, 5) is 24.7. The van der Waals surface area contributed by atoms with Gasteiger partial charge in [-0.2, -0.15) is 0 Å². The first-order chi connectivity index (χ1) is 23.3. The first-order valence-corrected chi connectivity index (χ1v) is 15.5. The van der Waals surface area contributed by atoms with Crippen LogP contribution in [0, 0.1) is 0 Å². The van der Waals surface area contributed by atoms with Crippen molar-refractivity contribution in [2.45, 2.75) is 0 Å². The standard InChI is InChI=1S/C41H26N6/c1-3-13-27(14-4-1)38-44-39(28-15-5-2-6-16-28)46-40(45-38)29-17-11-19-31(25-29)47-37-35-23-10-8-21-33(35)32-20-7-9-22-34(32)36(37)43-41(47)30-18-12-24-42-26-30/h1-26H. The zero-order valence-corrected chi connectivity index (χ0v) is 25.2. The van der Waals surface area contributed by atoms with Gasteiger partial charge in [-0.05, 0) is 35.0 Å². The number of rotatable bonds is 5. The second-order valence-corrected chi connectivity index (χ2v) is 11.4. The van der Waals surface area contributed by atoms with Crippen LogP contribution in [0.25, 0.3) is 83.8 Å². The molecule has 3 aromatic heterocycles. The van der Waals surface area contributed by atoms with E-state index < -0.39 is 0 Å². The molecule has 0 spiro atoms. The highest BCUT2D eigenvalue weighted by molar-refractivity contribution is 6.24. The Kier molecular flexibility index (Phi) is 6.35. The fourth-order valence-electron chi connectivity index (χ4n) is 6.37. The van der Waals surface area contributed by atoms with Gasteiger partial charge in [-0.25, -0.2) is 19.9 Å². The van der Waals surface area contributed by atoms with E-state index in [1.165, 1.54) is 10.8 Å². The molecule has 3 heterocycles. The van der Waals surface area contributed by atoms with Gasteiger partial charge in [0, 0.05) is 51.1 Å². The molecule has 0 radical (unpaired) electrons. The van der Waals surface area contributed by atoms with Crippen molar-refractivity contribution < 1.29 is 0 Å². The van der Waals surface area contributed by atoms with Crippen molar-refractivity contribution in [2.75, 3.05) is 0 Å². The largest absolute Gasteiger partial charge is 0.292 e. The van der Waals surface area contributed by atoms with Crippen molar-refractivity contribution in [1.29, 1.82) is 0 Å². The van der Waals surface area contributed by atoms with E-state index in [0.29, 0.717) is 17.5 Å². The van der Waals surface area contributed by atoms with E-state index in [1.807, 2.05) is 72.9 Å². The number of pyridine rings is 1. The summed E-state index contributed by atoms with van der Waals surface area (Å²) in [6, 6.07) is 49.5. The molecule has 9 aromatic rings. The second-order valence-electron chi connectivity index (χ2n) is 11.4. The maximum atomic E-state index is 5.33. The van der Waals surface area contributed by atoms with Gasteiger partial charge in [-0.15, -0.1) is 0 Å². The van der Waals surface area contributed by atoms with Gasteiger partial charge in [-0.3, -0.25) is 9.55 Å². The maximum Gasteiger partial charge on any atom is 0.164 e. The summed E-state index contributed by atoms with van der Waals surface area (Å²) >= 11 is 0. The van der Waals surface area contributed by atoms with E-state index >= 15 is 0 Å². The lowest BCUT2D eigenvalue weighted by atomic mass is 10.00. The summed E-state index contributed by atoms with van der Waals surface area (Å²) in [5.74, 6) is 2.67. The lowest BCUT2D eigenvalue weighted by Crippen LogP contribution is -2.02. The topological polar surface area (TPSA) is 69.4 Å². The minimum Gasteiger partial charge on any atom is -0.292 e. The zero-order valence-electron chi connectivity index (χ0n) is 25.2. The van der Waals surface area contributed by atoms with Crippen molar-refractivity contribution in [1.82, 2.24) is 29.5 Å². The summed E-state index contributed by atoms with van der Waals surface area (Å²) in [5.41, 5.74) is 6.61. The number of hydrogen-bond acceptors (Lipinski definition) is 5. The summed E-state index contributed by atoms with van der Waals surface area (Å²) in [5, 5.41) is 4.60. The van der Waals surface area contributed by atoms with Gasteiger partial charge in [0.15, 0.2) is 17.5 Å². The van der Waals surface area contributed by atoms with Crippen molar-refractivity contribution in [2.24, 2.45) is 0 Å². The molecule has 0 unspecified atom stereocenters. The van der Waals surface area contributed by atoms with Crippen LogP contribution in [-0.4, -0.2) is 29.5 Å². The van der Waals surface area contributed by atoms with Gasteiger partial charge in [0.25, 0.3) is 0 Å². The van der Waals surface area contributed by atoms with Crippen LogP contribution in [0.1, 0.15) is 0 Å². The molecule has 0 saturated carbocycles. The highest BCUT2D eigenvalue weighted by atomic mass is 15.1. The molecule has 6 heteroatoms. The van der Waals surface area contributed by atoms with Gasteiger partial charge in [-0.1, -0.05) is 121 Å². The average molecular weight is 603 g/mol. The highest BCUT2D eigenvalue weighted by Crippen LogP contribution is 2.39. The van der Waals surface area contributed by atoms with Gasteiger partial charge in [0.05, 0.1) is 11.0 Å². The molecule has 9 rings (SSSR count). The van der Waals surface area contributed by atoms with Crippen LogP contribution in [0.5, 0.6) is 0 Å². The first-order valence-electron chi connectivity index (χ1n) is 15.5. The van der Waals surface area contributed by atoms with Gasteiger partial charge in [0.2, 0.25) is 0 Å². The van der Waals surface area contributed by atoms with Crippen LogP contribution >= 0.6 is 0 Å². The molecule has 0 atom stereocenters. The lowest BCUT2D eigenvalue weighted by Gasteiger charge is -2.14. The Balaban J connectivity index is 1.32. The van der Waals surface area contributed by atoms with Crippen LogP contribution in [-0.2, 0) is 0 Å². The summed E-state index contributed by atoms with van der Waals surface area (Å²) < 4.78 is 2.25. The molecular formula is C41H26N6. The molecule has 220 valence electrons. The predicted octanol–water partition coefficient (Wildman–Crippen LogP) is 9.58. The number of nitrogens with zero attached hydrogens (tertiary/aromatic N) is 6. The Bertz CT molecular complexity index is 2500. The summed E-state index contributed by atoms with van der Waals surface area (Å²) in [6.07, 6.45) is 3.66. The fraction of sp³-hybridized carbons (Fsp3) is 0. The van der Waals surface area contributed by atoms with E-state index in [1.54, 1.807) is 6.20 Å². The Labute approximate surface area is 270 Å². The van der Waals surface area contributed by atoms with Crippen molar-refractivity contribution in [3.8, 4) is 51.2 Å². The molecule has 6 nitrogen and oxygen atoms in total. The molecule has 0 N–H and O–H groups in total. The first kappa shape index (κ1) is 26.8. The van der Waals surface area contributed by atoms with Crippen LogP contribution < -0.4 is 0 Å². The smallest absolute Gasteiger partial charge is 0.164 e. The van der Waals surface area contributed by atoms with E-state index in [2.05, 4.69) is 88.4 Å². The van der Waals surface area contributed by atoms with Gasteiger partial charge >= 0.3 is 0 Å². The maximum absolute atomic E-state index is 5.33. The SMILES string of the molecule is c1ccc(-c2nc(-c3ccccc3)nc(-c3cccc(-n4c(-c5cccnc5)nc5c6ccccc6c6ccccc6c54)c3)n2)cc1. The predicted molar refractivity (Wildman–Crippen MR) is 189 cm³/mol. The normalized spacial score (nSPS) is 11.4. The van der Waals surface area contributed by atoms with Gasteiger partial charge < -0.3 is 0 Å². The lowest BCUT2D eigenvalue weighted by molar-refractivity contribution is 1.07.